The van der Waals surface area contributed by atoms with Crippen LogP contribution >= 0.6 is 0 Å². The third kappa shape index (κ3) is 4.05. The van der Waals surface area contributed by atoms with Crippen molar-refractivity contribution in [2.24, 2.45) is 7.05 Å². The van der Waals surface area contributed by atoms with E-state index < -0.39 is 0 Å². The normalized spacial score (nSPS) is 13.9. The van der Waals surface area contributed by atoms with Crippen LogP contribution in [-0.2, 0) is 7.05 Å². The van der Waals surface area contributed by atoms with E-state index in [0.717, 1.165) is 47.2 Å². The van der Waals surface area contributed by atoms with E-state index in [1.54, 1.807) is 11.8 Å². The lowest BCUT2D eigenvalue weighted by Gasteiger charge is -2.36. The summed E-state index contributed by atoms with van der Waals surface area (Å²) in [5.74, 6) is 0.848. The Balaban J connectivity index is 1.43. The van der Waals surface area contributed by atoms with Crippen LogP contribution in [0.15, 0.2) is 72.9 Å². The zero-order valence-corrected chi connectivity index (χ0v) is 19.8. The van der Waals surface area contributed by atoms with Crippen molar-refractivity contribution < 1.29 is 9.53 Å². The number of amides is 1. The molecule has 0 radical (unpaired) electrons. The maximum Gasteiger partial charge on any atom is 0.272 e. The van der Waals surface area contributed by atoms with Crippen LogP contribution in [0.25, 0.3) is 17.1 Å². The first-order valence-corrected chi connectivity index (χ1v) is 11.5. The minimum Gasteiger partial charge on any atom is -0.495 e. The summed E-state index contributed by atoms with van der Waals surface area (Å²) in [6, 6.07) is 22.0. The third-order valence-electron chi connectivity index (χ3n) is 6.37. The van der Waals surface area contributed by atoms with Crippen LogP contribution in [0.5, 0.6) is 5.75 Å². The van der Waals surface area contributed by atoms with E-state index in [1.807, 2.05) is 84.2 Å². The molecule has 7 heteroatoms. The number of para-hydroxylation sites is 2. The van der Waals surface area contributed by atoms with Crippen molar-refractivity contribution in [2.75, 3.05) is 38.2 Å². The van der Waals surface area contributed by atoms with Crippen molar-refractivity contribution in [3.8, 4) is 22.8 Å². The molecular formula is C27H29N5O2. The summed E-state index contributed by atoms with van der Waals surface area (Å²) < 4.78 is 9.33. The number of aryl methyl sites for hydroxylation is 2. The SMILES string of the molecule is COc1ccccc1N1CCN(C(=O)c2cc(-c3cccn3C)nn2-c2cccc(C)c2)CC1. The van der Waals surface area contributed by atoms with Gasteiger partial charge in [-0.3, -0.25) is 4.79 Å². The summed E-state index contributed by atoms with van der Waals surface area (Å²) in [4.78, 5) is 17.9. The minimum atomic E-state index is -0.00542. The number of ether oxygens (including phenoxy) is 1. The summed E-state index contributed by atoms with van der Waals surface area (Å²) in [5.41, 5.74) is 5.40. The minimum absolute atomic E-state index is 0.00542. The average Bonchev–Trinajstić information content (AvgIpc) is 3.50. The third-order valence-corrected chi connectivity index (χ3v) is 6.37. The van der Waals surface area contributed by atoms with Crippen LogP contribution in [0.1, 0.15) is 16.1 Å². The molecule has 34 heavy (non-hydrogen) atoms. The molecule has 1 aliphatic rings. The molecule has 1 fully saturated rings. The molecule has 0 spiro atoms. The highest BCUT2D eigenvalue weighted by molar-refractivity contribution is 5.94. The monoisotopic (exact) mass is 455 g/mol. The van der Waals surface area contributed by atoms with Gasteiger partial charge in [0.15, 0.2) is 0 Å². The number of anilines is 1. The van der Waals surface area contributed by atoms with Crippen LogP contribution in [0.2, 0.25) is 0 Å². The van der Waals surface area contributed by atoms with Gasteiger partial charge in [-0.15, -0.1) is 0 Å². The van der Waals surface area contributed by atoms with Gasteiger partial charge in [-0.1, -0.05) is 24.3 Å². The van der Waals surface area contributed by atoms with Crippen LogP contribution < -0.4 is 9.64 Å². The first kappa shape index (κ1) is 21.8. The van der Waals surface area contributed by atoms with Crippen molar-refractivity contribution in [3.05, 3.63) is 84.2 Å². The molecule has 4 aromatic rings. The molecule has 1 aliphatic heterocycles. The van der Waals surface area contributed by atoms with Crippen molar-refractivity contribution in [2.45, 2.75) is 6.92 Å². The van der Waals surface area contributed by atoms with Crippen LogP contribution in [0.3, 0.4) is 0 Å². The zero-order chi connectivity index (χ0) is 23.7. The molecule has 0 unspecified atom stereocenters. The molecule has 0 bridgehead atoms. The van der Waals surface area contributed by atoms with E-state index in [4.69, 9.17) is 9.84 Å². The molecule has 3 heterocycles. The van der Waals surface area contributed by atoms with Crippen LogP contribution in [0, 0.1) is 6.92 Å². The lowest BCUT2D eigenvalue weighted by molar-refractivity contribution is 0.0737. The lowest BCUT2D eigenvalue weighted by Crippen LogP contribution is -2.49. The second kappa shape index (κ2) is 9.09. The number of benzene rings is 2. The number of carbonyl (C=O) groups is 1. The summed E-state index contributed by atoms with van der Waals surface area (Å²) in [5, 5.41) is 4.85. The van der Waals surface area contributed by atoms with Crippen molar-refractivity contribution >= 4 is 11.6 Å². The fourth-order valence-corrected chi connectivity index (χ4v) is 4.55. The number of rotatable bonds is 5. The smallest absolute Gasteiger partial charge is 0.272 e. The van der Waals surface area contributed by atoms with Gasteiger partial charge in [0.1, 0.15) is 17.1 Å². The van der Waals surface area contributed by atoms with Crippen molar-refractivity contribution in [1.82, 2.24) is 19.2 Å². The molecule has 1 saturated heterocycles. The zero-order valence-electron chi connectivity index (χ0n) is 19.8. The number of aromatic nitrogens is 3. The fourth-order valence-electron chi connectivity index (χ4n) is 4.55. The predicted molar refractivity (Wildman–Crippen MR) is 134 cm³/mol. The van der Waals surface area contributed by atoms with E-state index in [1.165, 1.54) is 0 Å². The summed E-state index contributed by atoms with van der Waals surface area (Å²) in [6.07, 6.45) is 1.99. The molecule has 2 aromatic carbocycles. The molecule has 5 rings (SSSR count). The van der Waals surface area contributed by atoms with E-state index in [9.17, 15) is 4.79 Å². The highest BCUT2D eigenvalue weighted by Gasteiger charge is 2.27. The average molecular weight is 456 g/mol. The number of hydrogen-bond acceptors (Lipinski definition) is 4. The quantitative estimate of drug-likeness (QED) is 0.454. The lowest BCUT2D eigenvalue weighted by atomic mass is 10.2. The Morgan fingerprint density at radius 2 is 1.74 bits per heavy atom. The van der Waals surface area contributed by atoms with E-state index in [-0.39, 0.29) is 5.91 Å². The highest BCUT2D eigenvalue weighted by atomic mass is 16.5. The van der Waals surface area contributed by atoms with Crippen molar-refractivity contribution in [3.63, 3.8) is 0 Å². The Morgan fingerprint density at radius 1 is 0.941 bits per heavy atom. The second-order valence-corrected chi connectivity index (χ2v) is 8.62. The number of carbonyl (C=O) groups excluding carboxylic acids is 1. The number of hydrogen-bond donors (Lipinski definition) is 0. The van der Waals surface area contributed by atoms with Gasteiger partial charge in [-0.25, -0.2) is 4.68 Å². The van der Waals surface area contributed by atoms with Gasteiger partial charge in [0.05, 0.1) is 24.2 Å². The summed E-state index contributed by atoms with van der Waals surface area (Å²) >= 11 is 0. The Morgan fingerprint density at radius 3 is 2.44 bits per heavy atom. The molecule has 0 saturated carbocycles. The number of piperazine rings is 1. The second-order valence-electron chi connectivity index (χ2n) is 8.62. The van der Waals surface area contributed by atoms with Gasteiger partial charge < -0.3 is 19.1 Å². The van der Waals surface area contributed by atoms with E-state index in [2.05, 4.69) is 17.0 Å². The van der Waals surface area contributed by atoms with Gasteiger partial charge in [0.25, 0.3) is 5.91 Å². The van der Waals surface area contributed by atoms with Crippen LogP contribution in [0.4, 0.5) is 5.69 Å². The standard InChI is InChI=1S/C27H29N5O2/c1-20-8-6-9-21(18-20)32-25(19-22(28-32)23-11-7-13-29(23)2)27(33)31-16-14-30(15-17-31)24-10-4-5-12-26(24)34-3/h4-13,18-19H,14-17H2,1-3H3. The molecule has 174 valence electrons. The molecule has 7 nitrogen and oxygen atoms in total. The number of nitrogens with zero attached hydrogens (tertiary/aromatic N) is 5. The highest BCUT2D eigenvalue weighted by Crippen LogP contribution is 2.29. The molecule has 0 aliphatic carbocycles. The maximum absolute atomic E-state index is 13.7. The fraction of sp³-hybridized carbons (Fsp3) is 0.259. The largest absolute Gasteiger partial charge is 0.495 e. The molecule has 0 N–H and O–H groups in total. The van der Waals surface area contributed by atoms with Gasteiger partial charge in [0.2, 0.25) is 0 Å². The van der Waals surface area contributed by atoms with Gasteiger partial charge in [-0.05, 0) is 55.0 Å². The Labute approximate surface area is 199 Å². The molecular weight excluding hydrogens is 426 g/mol. The maximum atomic E-state index is 13.7. The van der Waals surface area contributed by atoms with Gasteiger partial charge >= 0.3 is 0 Å². The number of methoxy groups -OCH3 is 1. The Bertz CT molecular complexity index is 1310. The van der Waals surface area contributed by atoms with E-state index >= 15 is 0 Å². The first-order chi connectivity index (χ1) is 16.5. The summed E-state index contributed by atoms with van der Waals surface area (Å²) in [6.45, 7) is 4.80. The Kier molecular flexibility index (Phi) is 5.84. The topological polar surface area (TPSA) is 55.5 Å². The Hall–Kier alpha value is -4.00. The van der Waals surface area contributed by atoms with Crippen LogP contribution in [-0.4, -0.2) is 58.4 Å². The molecule has 0 atom stereocenters. The van der Waals surface area contributed by atoms with Crippen molar-refractivity contribution in [1.29, 1.82) is 0 Å². The first-order valence-electron chi connectivity index (χ1n) is 11.5. The van der Waals surface area contributed by atoms with E-state index in [0.29, 0.717) is 18.8 Å². The summed E-state index contributed by atoms with van der Waals surface area (Å²) in [7, 11) is 3.68. The molecule has 1 amide bonds. The predicted octanol–water partition coefficient (Wildman–Crippen LogP) is 4.16. The van der Waals surface area contributed by atoms with Gasteiger partial charge in [-0.2, -0.15) is 5.10 Å². The van der Waals surface area contributed by atoms with Gasteiger partial charge in [0, 0.05) is 39.4 Å². The molecule has 2 aromatic heterocycles.